The first-order chi connectivity index (χ1) is 12.8. The lowest BCUT2D eigenvalue weighted by atomic mass is 9.79. The minimum Gasteiger partial charge on any atom is -0.545 e. The van der Waals surface area contributed by atoms with Crippen LogP contribution in [0.2, 0.25) is 0 Å². The number of carbonyl (C=O) groups is 2. The van der Waals surface area contributed by atoms with Crippen molar-refractivity contribution in [3.63, 3.8) is 0 Å². The Morgan fingerprint density at radius 2 is 1.81 bits per heavy atom. The first-order valence-corrected chi connectivity index (χ1v) is 10.5. The molecule has 1 aliphatic rings. The number of carboxylic acids is 2. The van der Waals surface area contributed by atoms with Crippen LogP contribution in [-0.4, -0.2) is 34.7 Å². The van der Waals surface area contributed by atoms with E-state index in [-0.39, 0.29) is 5.92 Å². The van der Waals surface area contributed by atoms with Crippen LogP contribution in [0, 0.1) is 5.92 Å². The van der Waals surface area contributed by atoms with Gasteiger partial charge in [0.25, 0.3) is 0 Å². The van der Waals surface area contributed by atoms with Gasteiger partial charge in [-0.25, -0.2) is 4.79 Å². The van der Waals surface area contributed by atoms with Crippen molar-refractivity contribution in [3.05, 3.63) is 56.9 Å². The van der Waals surface area contributed by atoms with Crippen molar-refractivity contribution in [1.82, 2.24) is 0 Å². The van der Waals surface area contributed by atoms with E-state index in [1.165, 1.54) is 12.8 Å². The van der Waals surface area contributed by atoms with E-state index in [2.05, 4.69) is 35.1 Å². The summed E-state index contributed by atoms with van der Waals surface area (Å²) in [5, 5.41) is 39.2. The highest BCUT2D eigenvalue weighted by molar-refractivity contribution is 7.08. The van der Waals surface area contributed by atoms with E-state index < -0.39 is 17.5 Å². The van der Waals surface area contributed by atoms with Gasteiger partial charge in [0.1, 0.15) is 5.60 Å². The second-order valence-corrected chi connectivity index (χ2v) is 8.05. The number of thiophene rings is 2. The third-order valence-corrected chi connectivity index (χ3v) is 5.81. The average molecular weight is 410 g/mol. The fourth-order valence-electron chi connectivity index (χ4n) is 2.74. The number of carbonyl (C=O) groups excluding carboxylic acids is 1. The maximum Gasteiger partial charge on any atom is 0.328 e. The normalized spacial score (nSPS) is 15.2. The summed E-state index contributed by atoms with van der Waals surface area (Å²) in [6, 6.07) is 4.91. The van der Waals surface area contributed by atoms with E-state index in [1.54, 1.807) is 22.7 Å². The van der Waals surface area contributed by atoms with Crippen molar-refractivity contribution in [2.75, 3.05) is 6.54 Å². The molecular weight excluding hydrogens is 386 g/mol. The third-order valence-electron chi connectivity index (χ3n) is 4.44. The zero-order valence-electron chi connectivity index (χ0n) is 14.9. The Bertz CT molecular complexity index is 701. The zero-order valence-corrected chi connectivity index (χ0v) is 16.5. The number of quaternary nitrogens is 1. The fourth-order valence-corrected chi connectivity index (χ4v) is 4.15. The number of aliphatic carboxylic acids is 2. The van der Waals surface area contributed by atoms with Crippen LogP contribution in [0.1, 0.15) is 30.9 Å². The summed E-state index contributed by atoms with van der Waals surface area (Å²) in [7, 11) is 0. The largest absolute Gasteiger partial charge is 0.545 e. The first-order valence-electron chi connectivity index (χ1n) is 8.57. The van der Waals surface area contributed by atoms with Gasteiger partial charge in [0, 0.05) is 24.8 Å². The maximum absolute atomic E-state index is 11.3. The smallest absolute Gasteiger partial charge is 0.328 e. The molecule has 4 N–H and O–H groups in total. The molecule has 0 aliphatic heterocycles. The number of hydrogen-bond acceptors (Lipinski definition) is 6. The second-order valence-electron chi connectivity index (χ2n) is 6.49. The summed E-state index contributed by atoms with van der Waals surface area (Å²) >= 11 is 3.30. The standard InChI is InChI=1S/C15H19NOS2.C4H4O4/c1-11(8-16-14-2-3-14)15(17,12-4-6-18-9-12)13-5-7-19-10-13;5-3(6)1-2-4(7)8/h4-7,9-11,14,16-17H,2-3,8H2,1H3;1-2H,(H,5,6)(H,7,8)/b;2-1+. The molecule has 1 fully saturated rings. The van der Waals surface area contributed by atoms with Gasteiger partial charge in [-0.05, 0) is 50.9 Å². The Labute approximate surface area is 165 Å². The highest BCUT2D eigenvalue weighted by Crippen LogP contribution is 2.38. The van der Waals surface area contributed by atoms with Gasteiger partial charge in [0.15, 0.2) is 0 Å². The zero-order chi connectivity index (χ0) is 19.9. The molecule has 146 valence electrons. The lowest BCUT2D eigenvalue weighted by Crippen LogP contribution is -2.87. The maximum atomic E-state index is 11.3. The monoisotopic (exact) mass is 409 g/mol. The van der Waals surface area contributed by atoms with Gasteiger partial charge in [-0.3, -0.25) is 0 Å². The van der Waals surface area contributed by atoms with Crippen molar-refractivity contribution in [1.29, 1.82) is 0 Å². The second kappa shape index (κ2) is 9.80. The Morgan fingerprint density at radius 3 is 2.15 bits per heavy atom. The average Bonchev–Trinajstić information content (AvgIpc) is 3.07. The van der Waals surface area contributed by atoms with Crippen LogP contribution in [0.5, 0.6) is 0 Å². The summed E-state index contributed by atoms with van der Waals surface area (Å²) in [5.41, 5.74) is 1.23. The molecule has 1 atom stereocenters. The van der Waals surface area contributed by atoms with Crippen LogP contribution in [0.3, 0.4) is 0 Å². The molecule has 0 bridgehead atoms. The molecule has 6 nitrogen and oxygen atoms in total. The van der Waals surface area contributed by atoms with Gasteiger partial charge in [-0.1, -0.05) is 6.92 Å². The van der Waals surface area contributed by atoms with Crippen LogP contribution < -0.4 is 10.4 Å². The van der Waals surface area contributed by atoms with Crippen molar-refractivity contribution in [2.45, 2.75) is 31.4 Å². The molecule has 0 spiro atoms. The predicted octanol–water partition coefficient (Wildman–Crippen LogP) is 0.785. The van der Waals surface area contributed by atoms with E-state index in [0.717, 1.165) is 23.7 Å². The van der Waals surface area contributed by atoms with Crippen molar-refractivity contribution in [2.24, 2.45) is 5.92 Å². The van der Waals surface area contributed by atoms with Gasteiger partial charge in [0.05, 0.1) is 18.6 Å². The molecule has 0 radical (unpaired) electrons. The SMILES string of the molecule is CC(C[NH2+]C1CC1)C(O)(c1ccsc1)c1ccsc1.O=C([O-])/C=C/C(=O)O. The molecule has 0 aromatic carbocycles. The van der Waals surface area contributed by atoms with E-state index in [4.69, 9.17) is 5.11 Å². The van der Waals surface area contributed by atoms with Crippen LogP contribution in [-0.2, 0) is 15.2 Å². The van der Waals surface area contributed by atoms with Gasteiger partial charge in [0.2, 0.25) is 0 Å². The van der Waals surface area contributed by atoms with Crippen molar-refractivity contribution >= 4 is 34.6 Å². The summed E-state index contributed by atoms with van der Waals surface area (Å²) in [6.07, 6.45) is 3.61. The molecular formula is C19H23NO5S2. The molecule has 1 saturated carbocycles. The molecule has 2 aromatic heterocycles. The molecule has 1 unspecified atom stereocenters. The number of nitrogens with two attached hydrogens (primary N) is 1. The van der Waals surface area contributed by atoms with Crippen LogP contribution in [0.15, 0.2) is 45.8 Å². The van der Waals surface area contributed by atoms with Crippen molar-refractivity contribution < 1.29 is 30.2 Å². The number of hydrogen-bond donors (Lipinski definition) is 3. The van der Waals surface area contributed by atoms with Crippen LogP contribution in [0.25, 0.3) is 0 Å². The van der Waals surface area contributed by atoms with Gasteiger partial charge in [-0.2, -0.15) is 22.7 Å². The number of rotatable bonds is 8. The minimum atomic E-state index is -1.51. The molecule has 2 aromatic rings. The van der Waals surface area contributed by atoms with E-state index >= 15 is 0 Å². The van der Waals surface area contributed by atoms with Gasteiger partial charge < -0.3 is 25.4 Å². The fraction of sp³-hybridized carbons (Fsp3) is 0.368. The highest BCUT2D eigenvalue weighted by atomic mass is 32.1. The highest BCUT2D eigenvalue weighted by Gasteiger charge is 2.40. The lowest BCUT2D eigenvalue weighted by molar-refractivity contribution is -0.675. The topological polar surface area (TPSA) is 114 Å². The Balaban J connectivity index is 0.000000279. The van der Waals surface area contributed by atoms with E-state index in [1.807, 2.05) is 10.8 Å². The molecule has 0 saturated heterocycles. The van der Waals surface area contributed by atoms with Crippen LogP contribution in [0.4, 0.5) is 0 Å². The predicted molar refractivity (Wildman–Crippen MR) is 102 cm³/mol. The summed E-state index contributed by atoms with van der Waals surface area (Å²) in [6.45, 7) is 3.14. The Kier molecular flexibility index (Phi) is 7.73. The molecule has 27 heavy (non-hydrogen) atoms. The van der Waals surface area contributed by atoms with E-state index in [9.17, 15) is 19.8 Å². The van der Waals surface area contributed by atoms with Crippen molar-refractivity contribution in [3.8, 4) is 0 Å². The summed E-state index contributed by atoms with van der Waals surface area (Å²) in [5.74, 6) is -2.60. The lowest BCUT2D eigenvalue weighted by Gasteiger charge is -2.32. The quantitative estimate of drug-likeness (QED) is 0.558. The summed E-state index contributed by atoms with van der Waals surface area (Å²) < 4.78 is 0. The number of aliphatic hydroxyl groups is 1. The molecule has 8 heteroatoms. The minimum absolute atomic E-state index is 0.206. The Hall–Kier alpha value is -2.00. The van der Waals surface area contributed by atoms with Gasteiger partial charge >= 0.3 is 5.97 Å². The van der Waals surface area contributed by atoms with Crippen LogP contribution >= 0.6 is 22.7 Å². The molecule has 0 amide bonds. The molecule has 3 rings (SSSR count). The summed E-state index contributed by atoms with van der Waals surface area (Å²) in [4.78, 5) is 19.0. The van der Waals surface area contributed by atoms with E-state index in [0.29, 0.717) is 12.2 Å². The number of carboxylic acid groups (broad SMARTS) is 2. The Morgan fingerprint density at radius 1 is 1.26 bits per heavy atom. The first kappa shape index (κ1) is 21.3. The van der Waals surface area contributed by atoms with Gasteiger partial charge in [-0.15, -0.1) is 0 Å². The molecule has 2 heterocycles. The molecule has 1 aliphatic carbocycles. The third kappa shape index (κ3) is 6.28.